The molecule has 1 saturated heterocycles. The van der Waals surface area contributed by atoms with Crippen molar-refractivity contribution >= 4 is 23.3 Å². The second-order valence-corrected chi connectivity index (χ2v) is 8.55. The Bertz CT molecular complexity index is 918. The van der Waals surface area contributed by atoms with E-state index in [4.69, 9.17) is 0 Å². The van der Waals surface area contributed by atoms with Gasteiger partial charge in [0.05, 0.1) is 0 Å². The molecular formula is C25H35N5O2. The Kier molecular flexibility index (Phi) is 8.11. The van der Waals surface area contributed by atoms with E-state index >= 15 is 0 Å². The van der Waals surface area contributed by atoms with Crippen LogP contribution in [-0.4, -0.2) is 55.6 Å². The predicted octanol–water partition coefficient (Wildman–Crippen LogP) is 3.60. The molecule has 1 heterocycles. The zero-order valence-electron chi connectivity index (χ0n) is 19.6. The maximum absolute atomic E-state index is 12.7. The molecule has 0 saturated carbocycles. The highest BCUT2D eigenvalue weighted by atomic mass is 16.2. The van der Waals surface area contributed by atoms with Crippen LogP contribution in [0.15, 0.2) is 42.5 Å². The molecule has 0 unspecified atom stereocenters. The van der Waals surface area contributed by atoms with E-state index < -0.39 is 0 Å². The first-order valence-corrected chi connectivity index (χ1v) is 11.4. The van der Waals surface area contributed by atoms with Gasteiger partial charge in [-0.1, -0.05) is 19.1 Å². The van der Waals surface area contributed by atoms with Gasteiger partial charge in [0.15, 0.2) is 0 Å². The lowest BCUT2D eigenvalue weighted by Gasteiger charge is -2.35. The maximum atomic E-state index is 12.7. The number of likely N-dealkylation sites (N-methyl/N-ethyl adjacent to an activating group) is 1. The number of hydrogen-bond donors (Lipinski definition) is 3. The molecule has 0 aromatic heterocycles. The van der Waals surface area contributed by atoms with Crippen LogP contribution in [0, 0.1) is 6.92 Å². The summed E-state index contributed by atoms with van der Waals surface area (Å²) in [6.07, 6.45) is 0. The first-order valence-electron chi connectivity index (χ1n) is 11.4. The summed E-state index contributed by atoms with van der Waals surface area (Å²) >= 11 is 0. The Morgan fingerprint density at radius 3 is 2.28 bits per heavy atom. The van der Waals surface area contributed by atoms with E-state index in [-0.39, 0.29) is 18.0 Å². The zero-order chi connectivity index (χ0) is 23.1. The van der Waals surface area contributed by atoms with Crippen LogP contribution in [0.3, 0.4) is 0 Å². The number of rotatable bonds is 7. The molecule has 3 amide bonds. The molecule has 7 nitrogen and oxygen atoms in total. The number of carbonyl (C=O) groups excluding carboxylic acids is 2. The van der Waals surface area contributed by atoms with Crippen molar-refractivity contribution in [2.75, 3.05) is 42.9 Å². The second-order valence-electron chi connectivity index (χ2n) is 8.55. The van der Waals surface area contributed by atoms with E-state index in [0.717, 1.165) is 49.5 Å². The number of nitrogens with zero attached hydrogens (tertiary/aromatic N) is 2. The number of anilines is 2. The molecule has 3 N–H and O–H groups in total. The molecule has 0 bridgehead atoms. The number of aryl methyl sites for hydroxylation is 1. The molecule has 2 aromatic rings. The van der Waals surface area contributed by atoms with E-state index in [0.29, 0.717) is 12.1 Å². The first kappa shape index (κ1) is 23.6. The molecule has 32 heavy (non-hydrogen) atoms. The largest absolute Gasteiger partial charge is 0.369 e. The third-order valence-corrected chi connectivity index (χ3v) is 5.73. The van der Waals surface area contributed by atoms with E-state index in [1.165, 1.54) is 5.69 Å². The quantitative estimate of drug-likeness (QED) is 0.619. The summed E-state index contributed by atoms with van der Waals surface area (Å²) in [4.78, 5) is 29.3. The summed E-state index contributed by atoms with van der Waals surface area (Å²) in [6, 6.07) is 13.4. The van der Waals surface area contributed by atoms with Crippen molar-refractivity contribution in [3.05, 3.63) is 59.2 Å². The van der Waals surface area contributed by atoms with Crippen LogP contribution < -0.4 is 20.9 Å². The molecule has 0 radical (unpaired) electrons. The van der Waals surface area contributed by atoms with Crippen LogP contribution in [0.4, 0.5) is 16.2 Å². The lowest BCUT2D eigenvalue weighted by Crippen LogP contribution is -2.46. The van der Waals surface area contributed by atoms with Crippen molar-refractivity contribution in [2.24, 2.45) is 0 Å². The minimum Gasteiger partial charge on any atom is -0.369 e. The Labute approximate surface area is 191 Å². The fourth-order valence-electron chi connectivity index (χ4n) is 3.77. The standard InChI is InChI=1S/C25H35N5O2/c1-5-29-12-14-30(15-13-29)22-10-11-23(19(4)16-22)28-24(31)21-8-6-20(7-9-21)17-26-25(32)27-18(2)3/h6-11,16,18H,5,12-15,17H2,1-4H3,(H,28,31)(H2,26,27,32). The average molecular weight is 438 g/mol. The Hall–Kier alpha value is -3.06. The molecule has 0 aliphatic carbocycles. The van der Waals surface area contributed by atoms with Crippen LogP contribution in [0.1, 0.15) is 42.3 Å². The second kappa shape index (κ2) is 11.0. The first-order chi connectivity index (χ1) is 15.4. The van der Waals surface area contributed by atoms with Gasteiger partial charge in [-0.15, -0.1) is 0 Å². The van der Waals surface area contributed by atoms with Crippen molar-refractivity contribution < 1.29 is 9.59 Å². The normalized spacial score (nSPS) is 14.3. The molecule has 1 fully saturated rings. The van der Waals surface area contributed by atoms with Gasteiger partial charge in [0, 0.05) is 55.7 Å². The SMILES string of the molecule is CCN1CCN(c2ccc(NC(=O)c3ccc(CNC(=O)NC(C)C)cc3)c(C)c2)CC1. The van der Waals surface area contributed by atoms with Crippen LogP contribution >= 0.6 is 0 Å². The van der Waals surface area contributed by atoms with Crippen molar-refractivity contribution in [1.82, 2.24) is 15.5 Å². The third-order valence-electron chi connectivity index (χ3n) is 5.73. The molecule has 172 valence electrons. The van der Waals surface area contributed by atoms with Crippen molar-refractivity contribution in [3.63, 3.8) is 0 Å². The van der Waals surface area contributed by atoms with Gasteiger partial charge >= 0.3 is 6.03 Å². The molecule has 3 rings (SSSR count). The number of benzene rings is 2. The molecular weight excluding hydrogens is 402 g/mol. The molecule has 0 spiro atoms. The monoisotopic (exact) mass is 437 g/mol. The highest BCUT2D eigenvalue weighted by molar-refractivity contribution is 6.04. The van der Waals surface area contributed by atoms with Gasteiger partial charge in [-0.05, 0) is 68.8 Å². The Morgan fingerprint density at radius 2 is 1.69 bits per heavy atom. The highest BCUT2D eigenvalue weighted by Gasteiger charge is 2.17. The topological polar surface area (TPSA) is 76.7 Å². The summed E-state index contributed by atoms with van der Waals surface area (Å²) in [6.45, 7) is 13.8. The number of hydrogen-bond acceptors (Lipinski definition) is 4. The van der Waals surface area contributed by atoms with Crippen LogP contribution in [0.2, 0.25) is 0 Å². The fraction of sp³-hybridized carbons (Fsp3) is 0.440. The lowest BCUT2D eigenvalue weighted by atomic mass is 10.1. The number of carbonyl (C=O) groups is 2. The maximum Gasteiger partial charge on any atom is 0.315 e. The summed E-state index contributed by atoms with van der Waals surface area (Å²) in [5.74, 6) is -0.144. The smallest absolute Gasteiger partial charge is 0.315 e. The van der Waals surface area contributed by atoms with Crippen molar-refractivity contribution in [3.8, 4) is 0 Å². The highest BCUT2D eigenvalue weighted by Crippen LogP contribution is 2.24. The van der Waals surface area contributed by atoms with Crippen LogP contribution in [-0.2, 0) is 6.54 Å². The van der Waals surface area contributed by atoms with Gasteiger partial charge < -0.3 is 25.8 Å². The van der Waals surface area contributed by atoms with Crippen molar-refractivity contribution in [2.45, 2.75) is 40.3 Å². The summed E-state index contributed by atoms with van der Waals surface area (Å²) in [7, 11) is 0. The number of nitrogens with one attached hydrogen (secondary N) is 3. The zero-order valence-corrected chi connectivity index (χ0v) is 19.6. The predicted molar refractivity (Wildman–Crippen MR) is 130 cm³/mol. The van der Waals surface area contributed by atoms with Gasteiger partial charge in [-0.3, -0.25) is 4.79 Å². The average Bonchev–Trinajstić information content (AvgIpc) is 2.79. The van der Waals surface area contributed by atoms with Gasteiger partial charge in [-0.25, -0.2) is 4.79 Å². The van der Waals surface area contributed by atoms with E-state index in [9.17, 15) is 9.59 Å². The minimum atomic E-state index is -0.201. The lowest BCUT2D eigenvalue weighted by molar-refractivity contribution is 0.102. The van der Waals surface area contributed by atoms with Gasteiger partial charge in [-0.2, -0.15) is 0 Å². The van der Waals surface area contributed by atoms with Crippen molar-refractivity contribution in [1.29, 1.82) is 0 Å². The third kappa shape index (κ3) is 6.47. The molecule has 2 aromatic carbocycles. The number of urea groups is 1. The van der Waals surface area contributed by atoms with Gasteiger partial charge in [0.1, 0.15) is 0 Å². The summed E-state index contributed by atoms with van der Waals surface area (Å²) < 4.78 is 0. The number of amides is 3. The minimum absolute atomic E-state index is 0.0878. The fourth-order valence-corrected chi connectivity index (χ4v) is 3.77. The van der Waals surface area contributed by atoms with Crippen LogP contribution in [0.5, 0.6) is 0 Å². The molecule has 1 aliphatic heterocycles. The Balaban J connectivity index is 1.55. The van der Waals surface area contributed by atoms with E-state index in [1.54, 1.807) is 12.1 Å². The van der Waals surface area contributed by atoms with Gasteiger partial charge in [0.25, 0.3) is 5.91 Å². The van der Waals surface area contributed by atoms with E-state index in [2.05, 4.69) is 44.8 Å². The molecule has 1 aliphatic rings. The van der Waals surface area contributed by atoms with Crippen LogP contribution in [0.25, 0.3) is 0 Å². The number of piperazine rings is 1. The Morgan fingerprint density at radius 1 is 1.00 bits per heavy atom. The van der Waals surface area contributed by atoms with E-state index in [1.807, 2.05) is 39.0 Å². The van der Waals surface area contributed by atoms with Gasteiger partial charge in [0.2, 0.25) is 0 Å². The molecule has 0 atom stereocenters. The summed E-state index contributed by atoms with van der Waals surface area (Å²) in [5.41, 5.74) is 4.59. The molecule has 7 heteroatoms. The summed E-state index contributed by atoms with van der Waals surface area (Å²) in [5, 5.41) is 8.61.